The highest BCUT2D eigenvalue weighted by molar-refractivity contribution is 6.35. The highest BCUT2D eigenvalue weighted by Gasteiger charge is 2.32. The van der Waals surface area contributed by atoms with Gasteiger partial charge in [0.25, 0.3) is 0 Å². The van der Waals surface area contributed by atoms with Gasteiger partial charge < -0.3 is 15.0 Å². The largest absolute Gasteiger partial charge is 0.378 e. The van der Waals surface area contributed by atoms with Crippen molar-refractivity contribution in [2.24, 2.45) is 5.92 Å². The molecule has 0 spiro atoms. The minimum Gasteiger partial charge on any atom is -0.378 e. The van der Waals surface area contributed by atoms with Crippen LogP contribution < -0.4 is 5.32 Å². The molecule has 1 aromatic carbocycles. The number of carbonyl (C=O) groups excluding carboxylic acids is 2. The smallest absolute Gasteiger partial charge is 0.241 e. The molecule has 148 valence electrons. The Kier molecular flexibility index (Phi) is 6.98. The lowest BCUT2D eigenvalue weighted by atomic mass is 9.94. The first-order valence-electron chi connectivity index (χ1n) is 9.31. The van der Waals surface area contributed by atoms with Gasteiger partial charge in [-0.2, -0.15) is 0 Å². The Labute approximate surface area is 169 Å². The van der Waals surface area contributed by atoms with Crippen molar-refractivity contribution < 1.29 is 14.3 Å². The zero-order chi connectivity index (χ0) is 19.4. The lowest BCUT2D eigenvalue weighted by Crippen LogP contribution is -2.50. The Balaban J connectivity index is 1.50. The van der Waals surface area contributed by atoms with E-state index in [1.807, 2.05) is 11.8 Å². The number of benzene rings is 1. The third kappa shape index (κ3) is 5.35. The summed E-state index contributed by atoms with van der Waals surface area (Å²) >= 11 is 12.0. The van der Waals surface area contributed by atoms with Gasteiger partial charge >= 0.3 is 0 Å². The Morgan fingerprint density at radius 2 is 1.67 bits per heavy atom. The molecule has 0 aliphatic carbocycles. The summed E-state index contributed by atoms with van der Waals surface area (Å²) in [4.78, 5) is 29.2. The summed E-state index contributed by atoms with van der Waals surface area (Å²) in [5.41, 5.74) is 0.585. The molecule has 0 aromatic heterocycles. The predicted octanol–water partition coefficient (Wildman–Crippen LogP) is 2.89. The van der Waals surface area contributed by atoms with E-state index in [0.29, 0.717) is 42.0 Å². The van der Waals surface area contributed by atoms with Crippen molar-refractivity contribution in [1.29, 1.82) is 0 Å². The van der Waals surface area contributed by atoms with Crippen LogP contribution in [0.3, 0.4) is 0 Å². The fourth-order valence-electron chi connectivity index (χ4n) is 3.61. The lowest BCUT2D eigenvalue weighted by Gasteiger charge is -2.37. The van der Waals surface area contributed by atoms with E-state index in [1.165, 1.54) is 0 Å². The first kappa shape index (κ1) is 20.4. The van der Waals surface area contributed by atoms with E-state index in [9.17, 15) is 9.59 Å². The zero-order valence-corrected chi connectivity index (χ0v) is 16.9. The van der Waals surface area contributed by atoms with Crippen molar-refractivity contribution in [2.45, 2.75) is 25.8 Å². The van der Waals surface area contributed by atoms with Crippen LogP contribution in [0.15, 0.2) is 18.2 Å². The molecule has 1 unspecified atom stereocenters. The fraction of sp³-hybridized carbons (Fsp3) is 0.579. The van der Waals surface area contributed by atoms with E-state index in [1.54, 1.807) is 18.2 Å². The summed E-state index contributed by atoms with van der Waals surface area (Å²) in [6, 6.07) is 4.68. The van der Waals surface area contributed by atoms with Gasteiger partial charge in [0.05, 0.1) is 19.3 Å². The maximum Gasteiger partial charge on any atom is 0.241 e. The number of anilines is 1. The van der Waals surface area contributed by atoms with Gasteiger partial charge in [0.2, 0.25) is 11.8 Å². The number of nitrogens with zero attached hydrogens (tertiary/aromatic N) is 2. The summed E-state index contributed by atoms with van der Waals surface area (Å²) in [7, 11) is 0. The molecule has 0 saturated carbocycles. The van der Waals surface area contributed by atoms with Gasteiger partial charge in [0.1, 0.15) is 0 Å². The van der Waals surface area contributed by atoms with E-state index >= 15 is 0 Å². The summed E-state index contributed by atoms with van der Waals surface area (Å²) in [5.74, 6) is 0.163. The first-order chi connectivity index (χ1) is 12.9. The Morgan fingerprint density at radius 3 is 2.26 bits per heavy atom. The van der Waals surface area contributed by atoms with Gasteiger partial charge in [0.15, 0.2) is 0 Å². The number of hydrogen-bond acceptors (Lipinski definition) is 4. The van der Waals surface area contributed by atoms with Crippen LogP contribution in [0, 0.1) is 5.92 Å². The van der Waals surface area contributed by atoms with Crippen molar-refractivity contribution in [1.82, 2.24) is 9.80 Å². The summed E-state index contributed by atoms with van der Waals surface area (Å²) in [6.45, 7) is 5.94. The molecule has 2 heterocycles. The lowest BCUT2D eigenvalue weighted by molar-refractivity contribution is -0.141. The van der Waals surface area contributed by atoms with Crippen LogP contribution in [0.5, 0.6) is 0 Å². The average molecular weight is 414 g/mol. The molecule has 2 amide bonds. The quantitative estimate of drug-likeness (QED) is 0.823. The van der Waals surface area contributed by atoms with Gasteiger partial charge in [-0.1, -0.05) is 23.2 Å². The van der Waals surface area contributed by atoms with E-state index < -0.39 is 0 Å². The van der Waals surface area contributed by atoms with Gasteiger partial charge in [-0.05, 0) is 51.1 Å². The molecule has 2 aliphatic heterocycles. The van der Waals surface area contributed by atoms with Crippen molar-refractivity contribution in [3.8, 4) is 0 Å². The number of morpholine rings is 1. The molecule has 1 N–H and O–H groups in total. The maximum atomic E-state index is 12.6. The standard InChI is InChI=1S/C19H25Cl2N3O3/c1-13(18(25)22-17-11-15(20)10-16(21)12-17)23-4-2-14(3-5-23)19(26)24-6-8-27-9-7-24/h10-14H,2-9H2,1H3,(H,22,25). The average Bonchev–Trinajstić information content (AvgIpc) is 2.67. The van der Waals surface area contributed by atoms with E-state index in [2.05, 4.69) is 10.2 Å². The van der Waals surface area contributed by atoms with Crippen molar-refractivity contribution in [3.63, 3.8) is 0 Å². The molecule has 1 atom stereocenters. The van der Waals surface area contributed by atoms with Crippen molar-refractivity contribution >= 4 is 40.7 Å². The summed E-state index contributed by atoms with van der Waals surface area (Å²) < 4.78 is 5.31. The second-order valence-corrected chi connectivity index (χ2v) is 7.94. The van der Waals surface area contributed by atoms with E-state index in [0.717, 1.165) is 25.9 Å². The number of piperidine rings is 1. The maximum absolute atomic E-state index is 12.6. The Bertz CT molecular complexity index is 667. The molecule has 2 aliphatic rings. The summed E-state index contributed by atoms with van der Waals surface area (Å²) in [5, 5.41) is 3.83. The number of halogens is 2. The van der Waals surface area contributed by atoms with Gasteiger partial charge in [0, 0.05) is 34.7 Å². The van der Waals surface area contributed by atoms with Crippen LogP contribution >= 0.6 is 23.2 Å². The molecule has 0 bridgehead atoms. The molecule has 27 heavy (non-hydrogen) atoms. The molecule has 6 nitrogen and oxygen atoms in total. The number of carbonyl (C=O) groups is 2. The second-order valence-electron chi connectivity index (χ2n) is 7.07. The van der Waals surface area contributed by atoms with E-state index in [4.69, 9.17) is 27.9 Å². The topological polar surface area (TPSA) is 61.9 Å². The SMILES string of the molecule is CC(C(=O)Nc1cc(Cl)cc(Cl)c1)N1CCC(C(=O)N2CCOCC2)CC1. The molecule has 3 rings (SSSR count). The first-order valence-corrected chi connectivity index (χ1v) is 10.1. The van der Waals surface area contributed by atoms with Crippen LogP contribution in [-0.4, -0.2) is 67.0 Å². The van der Waals surface area contributed by atoms with Crippen LogP contribution in [0.1, 0.15) is 19.8 Å². The molecule has 2 saturated heterocycles. The van der Waals surface area contributed by atoms with E-state index in [-0.39, 0.29) is 23.8 Å². The molecular formula is C19H25Cl2N3O3. The summed E-state index contributed by atoms with van der Waals surface area (Å²) in [6.07, 6.45) is 1.55. The number of ether oxygens (including phenoxy) is 1. The third-order valence-electron chi connectivity index (χ3n) is 5.26. The minimum absolute atomic E-state index is 0.0429. The number of rotatable bonds is 4. The monoisotopic (exact) mass is 413 g/mol. The number of nitrogens with one attached hydrogen (secondary N) is 1. The second kappa shape index (κ2) is 9.24. The highest BCUT2D eigenvalue weighted by atomic mass is 35.5. The van der Waals surface area contributed by atoms with Crippen LogP contribution in [-0.2, 0) is 14.3 Å². The van der Waals surface area contributed by atoms with Crippen LogP contribution in [0.2, 0.25) is 10.0 Å². The molecular weight excluding hydrogens is 389 g/mol. The fourth-order valence-corrected chi connectivity index (χ4v) is 4.14. The van der Waals surface area contributed by atoms with Crippen molar-refractivity contribution in [3.05, 3.63) is 28.2 Å². The zero-order valence-electron chi connectivity index (χ0n) is 15.4. The van der Waals surface area contributed by atoms with Gasteiger partial charge in [-0.15, -0.1) is 0 Å². The number of hydrogen-bond donors (Lipinski definition) is 1. The Morgan fingerprint density at radius 1 is 1.07 bits per heavy atom. The molecule has 0 radical (unpaired) electrons. The van der Waals surface area contributed by atoms with Crippen LogP contribution in [0.4, 0.5) is 5.69 Å². The van der Waals surface area contributed by atoms with Crippen LogP contribution in [0.25, 0.3) is 0 Å². The normalized spacial score (nSPS) is 20.3. The molecule has 1 aromatic rings. The molecule has 2 fully saturated rings. The number of amides is 2. The minimum atomic E-state index is -0.290. The van der Waals surface area contributed by atoms with Crippen molar-refractivity contribution in [2.75, 3.05) is 44.7 Å². The van der Waals surface area contributed by atoms with Gasteiger partial charge in [-0.3, -0.25) is 14.5 Å². The Hall–Kier alpha value is -1.34. The predicted molar refractivity (Wildman–Crippen MR) is 106 cm³/mol. The number of likely N-dealkylation sites (tertiary alicyclic amines) is 1. The molecule has 8 heteroatoms. The van der Waals surface area contributed by atoms with Gasteiger partial charge in [-0.25, -0.2) is 0 Å². The third-order valence-corrected chi connectivity index (χ3v) is 5.70. The highest BCUT2D eigenvalue weighted by Crippen LogP contribution is 2.24.